The summed E-state index contributed by atoms with van der Waals surface area (Å²) in [5.74, 6) is -0.0898. The molecule has 0 spiro atoms. The Labute approximate surface area is 69.8 Å². The Kier molecular flexibility index (Phi) is 2.88. The second kappa shape index (κ2) is 3.25. The zero-order chi connectivity index (χ0) is 7.72. The van der Waals surface area contributed by atoms with Crippen molar-refractivity contribution in [1.82, 2.24) is 9.55 Å². The molecule has 0 saturated heterocycles. The summed E-state index contributed by atoms with van der Waals surface area (Å²) >= 11 is 0. The van der Waals surface area contributed by atoms with Crippen LogP contribution in [0.3, 0.4) is 0 Å². The first-order valence-electron chi connectivity index (χ1n) is 2.70. The van der Waals surface area contributed by atoms with Gasteiger partial charge < -0.3 is 16.0 Å². The average molecular weight is 177 g/mol. The highest BCUT2D eigenvalue weighted by Crippen LogP contribution is 2.00. The smallest absolute Gasteiger partial charge is 0.284 e. The van der Waals surface area contributed by atoms with Crippen LogP contribution in [0.1, 0.15) is 10.6 Å². The summed E-state index contributed by atoms with van der Waals surface area (Å²) in [7, 11) is 1.66. The van der Waals surface area contributed by atoms with Crippen LogP contribution in [0.15, 0.2) is 6.20 Å². The van der Waals surface area contributed by atoms with E-state index in [0.29, 0.717) is 5.82 Å². The number of hydrogen-bond acceptors (Lipinski definition) is 3. The molecule has 0 fully saturated rings. The van der Waals surface area contributed by atoms with Gasteiger partial charge in [-0.15, -0.1) is 12.4 Å². The predicted octanol–water partition coefficient (Wildman–Crippen LogP) is -0.477. The van der Waals surface area contributed by atoms with Gasteiger partial charge in [0.25, 0.3) is 5.91 Å². The van der Waals surface area contributed by atoms with E-state index < -0.39 is 5.91 Å². The Bertz CT molecular complexity index is 269. The second-order valence-electron chi connectivity index (χ2n) is 1.96. The van der Waals surface area contributed by atoms with Crippen LogP contribution < -0.4 is 11.5 Å². The third-order valence-electron chi connectivity index (χ3n) is 1.12. The number of amides is 1. The van der Waals surface area contributed by atoms with E-state index in [1.807, 2.05) is 0 Å². The number of carbonyl (C=O) groups is 1. The molecule has 0 aliphatic rings. The van der Waals surface area contributed by atoms with E-state index in [4.69, 9.17) is 11.5 Å². The molecule has 0 unspecified atom stereocenters. The third kappa shape index (κ3) is 1.84. The molecule has 0 atom stereocenters. The van der Waals surface area contributed by atoms with E-state index in [1.54, 1.807) is 7.05 Å². The molecule has 1 aromatic rings. The maximum atomic E-state index is 10.5. The lowest BCUT2D eigenvalue weighted by molar-refractivity contribution is 0.0987. The lowest BCUT2D eigenvalue weighted by Gasteiger charge is -1.91. The van der Waals surface area contributed by atoms with Crippen molar-refractivity contribution in [3.63, 3.8) is 0 Å². The number of nitrogen functional groups attached to an aromatic ring is 1. The molecule has 1 aromatic heterocycles. The van der Waals surface area contributed by atoms with Gasteiger partial charge in [0.1, 0.15) is 5.82 Å². The van der Waals surface area contributed by atoms with E-state index in [-0.39, 0.29) is 18.2 Å². The molecule has 0 aromatic carbocycles. The molecule has 6 heteroatoms. The van der Waals surface area contributed by atoms with Crippen LogP contribution in [0.2, 0.25) is 0 Å². The molecule has 62 valence electrons. The van der Waals surface area contributed by atoms with Crippen molar-refractivity contribution in [2.24, 2.45) is 12.8 Å². The van der Waals surface area contributed by atoms with Gasteiger partial charge in [0.2, 0.25) is 5.82 Å². The largest absolute Gasteiger partial charge is 0.382 e. The number of carbonyl (C=O) groups excluding carboxylic acids is 1. The second-order valence-corrected chi connectivity index (χ2v) is 1.96. The zero-order valence-corrected chi connectivity index (χ0v) is 6.76. The number of anilines is 1. The van der Waals surface area contributed by atoms with E-state index in [0.717, 1.165) is 0 Å². The highest BCUT2D eigenvalue weighted by molar-refractivity contribution is 5.89. The fraction of sp³-hybridized carbons (Fsp3) is 0.200. The Balaban J connectivity index is 0.000001000. The van der Waals surface area contributed by atoms with E-state index in [9.17, 15) is 4.79 Å². The first-order chi connectivity index (χ1) is 4.61. The average Bonchev–Trinajstić information content (AvgIpc) is 2.10. The third-order valence-corrected chi connectivity index (χ3v) is 1.12. The van der Waals surface area contributed by atoms with E-state index >= 15 is 0 Å². The highest BCUT2D eigenvalue weighted by Gasteiger charge is 2.06. The maximum Gasteiger partial charge on any atom is 0.284 e. The summed E-state index contributed by atoms with van der Waals surface area (Å²) in [5, 5.41) is 0. The Morgan fingerprint density at radius 3 is 2.45 bits per heavy atom. The van der Waals surface area contributed by atoms with Crippen molar-refractivity contribution in [1.29, 1.82) is 0 Å². The van der Waals surface area contributed by atoms with Gasteiger partial charge in [0.15, 0.2) is 0 Å². The van der Waals surface area contributed by atoms with E-state index in [2.05, 4.69) is 4.98 Å². The fourth-order valence-electron chi connectivity index (χ4n) is 0.718. The molecular formula is C5H9ClN4O. The molecule has 11 heavy (non-hydrogen) atoms. The normalized spacial score (nSPS) is 8.82. The molecule has 5 nitrogen and oxygen atoms in total. The lowest BCUT2D eigenvalue weighted by Crippen LogP contribution is -2.16. The summed E-state index contributed by atoms with van der Waals surface area (Å²) < 4.78 is 1.48. The fourth-order valence-corrected chi connectivity index (χ4v) is 0.718. The number of rotatable bonds is 1. The highest BCUT2D eigenvalue weighted by atomic mass is 35.5. The number of nitrogens with two attached hydrogens (primary N) is 2. The van der Waals surface area contributed by atoms with Crippen molar-refractivity contribution in [2.45, 2.75) is 0 Å². The van der Waals surface area contributed by atoms with E-state index in [1.165, 1.54) is 10.8 Å². The first kappa shape index (κ1) is 9.77. The number of hydrogen-bond donors (Lipinski definition) is 2. The Morgan fingerprint density at radius 1 is 1.73 bits per heavy atom. The number of halogens is 1. The van der Waals surface area contributed by atoms with Crippen LogP contribution in [0.4, 0.5) is 5.82 Å². The topological polar surface area (TPSA) is 86.9 Å². The molecule has 0 saturated carbocycles. The molecule has 1 amide bonds. The summed E-state index contributed by atoms with van der Waals surface area (Å²) in [6, 6.07) is 0. The molecule has 4 N–H and O–H groups in total. The minimum Gasteiger partial charge on any atom is -0.382 e. The van der Waals surface area contributed by atoms with Gasteiger partial charge in [-0.3, -0.25) is 4.79 Å². The van der Waals surface area contributed by atoms with Crippen LogP contribution in [-0.4, -0.2) is 15.5 Å². The van der Waals surface area contributed by atoms with Crippen molar-refractivity contribution < 1.29 is 4.79 Å². The van der Waals surface area contributed by atoms with Gasteiger partial charge in [0.05, 0.1) is 0 Å². The first-order valence-corrected chi connectivity index (χ1v) is 2.70. The zero-order valence-electron chi connectivity index (χ0n) is 5.94. The number of aromatic nitrogens is 2. The summed E-state index contributed by atoms with van der Waals surface area (Å²) in [6.45, 7) is 0. The van der Waals surface area contributed by atoms with Gasteiger partial charge in [-0.2, -0.15) is 0 Å². The molecule has 1 heterocycles. The summed E-state index contributed by atoms with van der Waals surface area (Å²) in [4.78, 5) is 14.2. The lowest BCUT2D eigenvalue weighted by atomic mass is 10.6. The van der Waals surface area contributed by atoms with Crippen LogP contribution in [0.5, 0.6) is 0 Å². The van der Waals surface area contributed by atoms with Crippen LogP contribution >= 0.6 is 12.4 Å². The van der Waals surface area contributed by atoms with Gasteiger partial charge in [-0.05, 0) is 0 Å². The molecule has 0 aliphatic heterocycles. The summed E-state index contributed by atoms with van der Waals surface area (Å²) in [6.07, 6.45) is 1.53. The SMILES string of the molecule is Cl.Cn1cc(N)nc1C(N)=O. The summed E-state index contributed by atoms with van der Waals surface area (Å²) in [5.41, 5.74) is 10.2. The number of nitrogens with zero attached hydrogens (tertiary/aromatic N) is 2. The molecule has 0 bridgehead atoms. The Morgan fingerprint density at radius 2 is 2.27 bits per heavy atom. The van der Waals surface area contributed by atoms with Crippen molar-refractivity contribution in [2.75, 3.05) is 5.73 Å². The van der Waals surface area contributed by atoms with Crippen LogP contribution in [0.25, 0.3) is 0 Å². The molecule has 1 rings (SSSR count). The minimum absolute atomic E-state index is 0. The predicted molar refractivity (Wildman–Crippen MR) is 43.4 cm³/mol. The Hall–Kier alpha value is -1.23. The van der Waals surface area contributed by atoms with Crippen molar-refractivity contribution >= 4 is 24.1 Å². The maximum absolute atomic E-state index is 10.5. The minimum atomic E-state index is -0.570. The van der Waals surface area contributed by atoms with Gasteiger partial charge >= 0.3 is 0 Å². The van der Waals surface area contributed by atoms with Gasteiger partial charge in [-0.1, -0.05) is 0 Å². The quantitative estimate of drug-likeness (QED) is 0.606. The standard InChI is InChI=1S/C5H8N4O.ClH/c1-9-2-3(6)8-5(9)4(7)10;/h2H,6H2,1H3,(H2,7,10);1H. The number of aryl methyl sites for hydroxylation is 1. The molecule has 0 aliphatic carbocycles. The van der Waals surface area contributed by atoms with Crippen LogP contribution in [-0.2, 0) is 7.05 Å². The van der Waals surface area contributed by atoms with Gasteiger partial charge in [-0.25, -0.2) is 4.98 Å². The monoisotopic (exact) mass is 176 g/mol. The number of imidazole rings is 1. The molecular weight excluding hydrogens is 168 g/mol. The van der Waals surface area contributed by atoms with Crippen molar-refractivity contribution in [3.8, 4) is 0 Å². The number of primary amides is 1. The van der Waals surface area contributed by atoms with Gasteiger partial charge in [0, 0.05) is 13.2 Å². The molecule has 0 radical (unpaired) electrons. The van der Waals surface area contributed by atoms with Crippen molar-refractivity contribution in [3.05, 3.63) is 12.0 Å². The van der Waals surface area contributed by atoms with Crippen LogP contribution in [0, 0.1) is 0 Å².